The molecule has 0 aromatic heterocycles. The number of unbranched alkanes of at least 4 members (excludes halogenated alkanes) is 1. The first kappa shape index (κ1) is 15.4. The molecular formula is C19H25NO. The number of para-hydroxylation sites is 1. The number of nitrogens with one attached hydrogen (secondary N) is 1. The lowest BCUT2D eigenvalue weighted by atomic mass is 10.1. The van der Waals surface area contributed by atoms with Crippen LogP contribution in [-0.4, -0.2) is 13.2 Å². The summed E-state index contributed by atoms with van der Waals surface area (Å²) in [7, 11) is 0. The molecular weight excluding hydrogens is 258 g/mol. The van der Waals surface area contributed by atoms with E-state index in [4.69, 9.17) is 4.74 Å². The molecule has 2 aromatic rings. The molecule has 2 heteroatoms. The van der Waals surface area contributed by atoms with E-state index in [-0.39, 0.29) is 0 Å². The Hall–Kier alpha value is -1.96. The minimum Gasteiger partial charge on any atom is -0.494 e. The van der Waals surface area contributed by atoms with E-state index in [0.29, 0.717) is 0 Å². The minimum absolute atomic E-state index is 0.775. The second kappa shape index (κ2) is 7.72. The van der Waals surface area contributed by atoms with E-state index in [1.54, 1.807) is 0 Å². The lowest BCUT2D eigenvalue weighted by molar-refractivity contribution is 0.308. The number of hydrogen-bond donors (Lipinski definition) is 1. The summed E-state index contributed by atoms with van der Waals surface area (Å²) in [6.45, 7) is 8.15. The third-order valence-corrected chi connectivity index (χ3v) is 3.64. The number of rotatable bonds is 7. The molecule has 0 spiro atoms. The van der Waals surface area contributed by atoms with Gasteiger partial charge in [-0.1, -0.05) is 35.9 Å². The highest BCUT2D eigenvalue weighted by atomic mass is 16.5. The number of benzene rings is 2. The molecule has 0 amide bonds. The van der Waals surface area contributed by atoms with Crippen LogP contribution >= 0.6 is 0 Å². The number of hydrogen-bond acceptors (Lipinski definition) is 2. The largest absolute Gasteiger partial charge is 0.494 e. The van der Waals surface area contributed by atoms with Crippen LogP contribution in [-0.2, 0) is 0 Å². The Morgan fingerprint density at radius 3 is 2.19 bits per heavy atom. The third kappa shape index (κ3) is 4.82. The number of anilines is 1. The summed E-state index contributed by atoms with van der Waals surface area (Å²) >= 11 is 0. The number of ether oxygens (including phenoxy) is 1. The van der Waals surface area contributed by atoms with Crippen LogP contribution < -0.4 is 10.1 Å². The predicted molar refractivity (Wildman–Crippen MR) is 90.3 cm³/mol. The highest BCUT2D eigenvalue weighted by Crippen LogP contribution is 2.19. The molecule has 0 heterocycles. The van der Waals surface area contributed by atoms with Crippen LogP contribution in [0, 0.1) is 20.8 Å². The number of aryl methyl sites for hydroxylation is 3. The van der Waals surface area contributed by atoms with Crippen molar-refractivity contribution in [3.05, 3.63) is 59.2 Å². The van der Waals surface area contributed by atoms with Crippen LogP contribution in [0.3, 0.4) is 0 Å². The molecule has 0 radical (unpaired) electrons. The SMILES string of the molecule is Cc1ccc(OCCCCNc2c(C)cccc2C)cc1. The summed E-state index contributed by atoms with van der Waals surface area (Å²) in [5.41, 5.74) is 5.16. The van der Waals surface area contributed by atoms with Crippen LogP contribution in [0.4, 0.5) is 5.69 Å². The molecule has 0 aliphatic carbocycles. The lowest BCUT2D eigenvalue weighted by Crippen LogP contribution is -2.06. The second-order valence-electron chi connectivity index (χ2n) is 5.56. The molecule has 21 heavy (non-hydrogen) atoms. The van der Waals surface area contributed by atoms with E-state index in [2.05, 4.69) is 56.4 Å². The molecule has 0 saturated carbocycles. The van der Waals surface area contributed by atoms with Crippen molar-refractivity contribution in [3.63, 3.8) is 0 Å². The zero-order valence-electron chi connectivity index (χ0n) is 13.3. The van der Waals surface area contributed by atoms with Gasteiger partial charge in [0.05, 0.1) is 6.61 Å². The van der Waals surface area contributed by atoms with Gasteiger partial charge in [0.25, 0.3) is 0 Å². The van der Waals surface area contributed by atoms with Crippen molar-refractivity contribution in [1.29, 1.82) is 0 Å². The van der Waals surface area contributed by atoms with Gasteiger partial charge in [0.15, 0.2) is 0 Å². The van der Waals surface area contributed by atoms with Gasteiger partial charge in [-0.05, 0) is 56.9 Å². The maximum absolute atomic E-state index is 5.73. The first-order valence-electron chi connectivity index (χ1n) is 7.66. The van der Waals surface area contributed by atoms with Gasteiger partial charge in [-0.2, -0.15) is 0 Å². The summed E-state index contributed by atoms with van der Waals surface area (Å²) in [5.74, 6) is 0.961. The normalized spacial score (nSPS) is 10.4. The molecule has 0 aliphatic heterocycles. The first-order valence-corrected chi connectivity index (χ1v) is 7.66. The van der Waals surface area contributed by atoms with Gasteiger partial charge in [-0.15, -0.1) is 0 Å². The average molecular weight is 283 g/mol. The van der Waals surface area contributed by atoms with Crippen LogP contribution in [0.25, 0.3) is 0 Å². The van der Waals surface area contributed by atoms with E-state index in [9.17, 15) is 0 Å². The van der Waals surface area contributed by atoms with Gasteiger partial charge in [0, 0.05) is 12.2 Å². The molecule has 2 nitrogen and oxygen atoms in total. The summed E-state index contributed by atoms with van der Waals surface area (Å²) in [4.78, 5) is 0. The quantitative estimate of drug-likeness (QED) is 0.731. The molecule has 0 saturated heterocycles. The fraction of sp³-hybridized carbons (Fsp3) is 0.368. The fourth-order valence-electron chi connectivity index (χ4n) is 2.36. The summed E-state index contributed by atoms with van der Waals surface area (Å²) in [5, 5.41) is 3.53. The molecule has 0 atom stereocenters. The molecule has 0 unspecified atom stereocenters. The van der Waals surface area contributed by atoms with Crippen molar-refractivity contribution in [2.24, 2.45) is 0 Å². The van der Waals surface area contributed by atoms with Crippen molar-refractivity contribution in [1.82, 2.24) is 0 Å². The summed E-state index contributed by atoms with van der Waals surface area (Å²) in [6, 6.07) is 14.6. The molecule has 0 aliphatic rings. The molecule has 2 rings (SSSR count). The Morgan fingerprint density at radius 2 is 1.52 bits per heavy atom. The average Bonchev–Trinajstić information content (AvgIpc) is 2.47. The maximum atomic E-state index is 5.73. The van der Waals surface area contributed by atoms with E-state index in [0.717, 1.165) is 31.7 Å². The first-order chi connectivity index (χ1) is 10.2. The summed E-state index contributed by atoms with van der Waals surface area (Å²) in [6.07, 6.45) is 2.17. The Bertz CT molecular complexity index is 540. The lowest BCUT2D eigenvalue weighted by Gasteiger charge is -2.12. The van der Waals surface area contributed by atoms with Crippen molar-refractivity contribution < 1.29 is 4.74 Å². The van der Waals surface area contributed by atoms with Crippen LogP contribution in [0.5, 0.6) is 5.75 Å². The van der Waals surface area contributed by atoms with E-state index in [1.807, 2.05) is 12.1 Å². The zero-order valence-corrected chi connectivity index (χ0v) is 13.3. The topological polar surface area (TPSA) is 21.3 Å². The van der Waals surface area contributed by atoms with E-state index >= 15 is 0 Å². The highest BCUT2D eigenvalue weighted by Gasteiger charge is 2.00. The van der Waals surface area contributed by atoms with Crippen molar-refractivity contribution in [3.8, 4) is 5.75 Å². The van der Waals surface area contributed by atoms with Crippen molar-refractivity contribution >= 4 is 5.69 Å². The van der Waals surface area contributed by atoms with Gasteiger partial charge in [0.2, 0.25) is 0 Å². The second-order valence-corrected chi connectivity index (χ2v) is 5.56. The zero-order chi connectivity index (χ0) is 15.1. The Labute approximate surface area is 128 Å². The summed E-state index contributed by atoms with van der Waals surface area (Å²) < 4.78 is 5.73. The Balaban J connectivity index is 1.65. The minimum atomic E-state index is 0.775. The molecule has 0 fully saturated rings. The predicted octanol–water partition coefficient (Wildman–Crippen LogP) is 4.88. The third-order valence-electron chi connectivity index (χ3n) is 3.64. The standard InChI is InChI=1S/C19H25NO/c1-15-9-11-18(12-10-15)21-14-5-4-13-20-19-16(2)7-6-8-17(19)3/h6-12,20H,4-5,13-14H2,1-3H3. The molecule has 0 bridgehead atoms. The van der Waals surface area contributed by atoms with Gasteiger partial charge in [-0.25, -0.2) is 0 Å². The van der Waals surface area contributed by atoms with Crippen LogP contribution in [0.1, 0.15) is 29.5 Å². The highest BCUT2D eigenvalue weighted by molar-refractivity contribution is 5.56. The molecule has 112 valence electrons. The van der Waals surface area contributed by atoms with Gasteiger partial charge in [0.1, 0.15) is 5.75 Å². The van der Waals surface area contributed by atoms with Crippen LogP contribution in [0.15, 0.2) is 42.5 Å². The van der Waals surface area contributed by atoms with Gasteiger partial charge < -0.3 is 10.1 Å². The molecule has 1 N–H and O–H groups in total. The fourth-order valence-corrected chi connectivity index (χ4v) is 2.36. The van der Waals surface area contributed by atoms with Gasteiger partial charge >= 0.3 is 0 Å². The van der Waals surface area contributed by atoms with Crippen molar-refractivity contribution in [2.45, 2.75) is 33.6 Å². The van der Waals surface area contributed by atoms with E-state index < -0.39 is 0 Å². The smallest absolute Gasteiger partial charge is 0.119 e. The van der Waals surface area contributed by atoms with Crippen molar-refractivity contribution in [2.75, 3.05) is 18.5 Å². The Kier molecular flexibility index (Phi) is 5.68. The Morgan fingerprint density at radius 1 is 0.857 bits per heavy atom. The monoisotopic (exact) mass is 283 g/mol. The van der Waals surface area contributed by atoms with Gasteiger partial charge in [-0.3, -0.25) is 0 Å². The maximum Gasteiger partial charge on any atom is 0.119 e. The molecule has 2 aromatic carbocycles. The van der Waals surface area contributed by atoms with E-state index in [1.165, 1.54) is 22.4 Å². The van der Waals surface area contributed by atoms with Crippen LogP contribution in [0.2, 0.25) is 0 Å².